The van der Waals surface area contributed by atoms with Crippen molar-refractivity contribution in [1.29, 1.82) is 0 Å². The summed E-state index contributed by atoms with van der Waals surface area (Å²) in [6.07, 6.45) is 0. The number of carbonyl (C=O) groups excluding carboxylic acids is 1. The topological polar surface area (TPSA) is 99.3 Å². The summed E-state index contributed by atoms with van der Waals surface area (Å²) in [6.45, 7) is 5.71. The fraction of sp³-hybridized carbons (Fsp3) is 0.333. The Morgan fingerprint density at radius 2 is 2.17 bits per heavy atom. The number of hydrogen-bond donors (Lipinski definition) is 3. The number of amides is 1. The first-order valence-corrected chi connectivity index (χ1v) is 8.27. The third-order valence-electron chi connectivity index (χ3n) is 3.33. The van der Waals surface area contributed by atoms with Crippen LogP contribution in [0.25, 0.3) is 11.0 Å². The average molecular weight is 330 g/mol. The van der Waals surface area contributed by atoms with Gasteiger partial charge in [0, 0.05) is 0 Å². The number of nitrogens with one attached hydrogen (secondary N) is 3. The predicted octanol–water partition coefficient (Wildman–Crippen LogP) is 2.27. The lowest BCUT2D eigenvalue weighted by atomic mass is 10.2. The summed E-state index contributed by atoms with van der Waals surface area (Å²) in [7, 11) is 0. The number of imidazole rings is 1. The largest absolute Gasteiger partial charge is 0.346 e. The minimum Gasteiger partial charge on any atom is -0.346 e. The molecule has 1 atom stereocenters. The van der Waals surface area contributed by atoms with Gasteiger partial charge in [-0.15, -0.1) is 0 Å². The molecule has 0 saturated heterocycles. The number of fused-ring (bicyclic) bond motifs is 1. The zero-order chi connectivity index (χ0) is 16.4. The average Bonchev–Trinajstić information content (AvgIpc) is 3.10. The molecule has 0 aliphatic rings. The Morgan fingerprint density at radius 1 is 1.35 bits per heavy atom. The summed E-state index contributed by atoms with van der Waals surface area (Å²) in [6, 6.07) is 5.80. The first-order valence-electron chi connectivity index (χ1n) is 7.28. The van der Waals surface area contributed by atoms with Crippen LogP contribution in [0.1, 0.15) is 30.2 Å². The molecule has 2 aromatic heterocycles. The van der Waals surface area contributed by atoms with Gasteiger partial charge < -0.3 is 10.3 Å². The maximum absolute atomic E-state index is 12.0. The Hall–Kier alpha value is -2.35. The van der Waals surface area contributed by atoms with Crippen LogP contribution in [0.15, 0.2) is 23.4 Å². The minimum atomic E-state index is -0.230. The molecule has 1 unspecified atom stereocenters. The molecular formula is C15H18N6OS. The lowest BCUT2D eigenvalue weighted by molar-refractivity contribution is -0.119. The van der Waals surface area contributed by atoms with Gasteiger partial charge in [-0.3, -0.25) is 9.89 Å². The number of hydrogen-bond acceptors (Lipinski definition) is 5. The fourth-order valence-corrected chi connectivity index (χ4v) is 2.90. The van der Waals surface area contributed by atoms with Gasteiger partial charge >= 0.3 is 0 Å². The molecule has 3 N–H and O–H groups in total. The van der Waals surface area contributed by atoms with Crippen LogP contribution in [0.2, 0.25) is 0 Å². The lowest BCUT2D eigenvalue weighted by Gasteiger charge is -2.09. The molecule has 0 spiro atoms. The molecule has 2 heterocycles. The first-order chi connectivity index (χ1) is 11.0. The molecule has 0 saturated carbocycles. The van der Waals surface area contributed by atoms with E-state index in [0.717, 1.165) is 22.0 Å². The van der Waals surface area contributed by atoms with E-state index in [4.69, 9.17) is 0 Å². The number of thioether (sulfide) groups is 1. The molecule has 3 rings (SSSR count). The molecule has 120 valence electrons. The standard InChI is InChI=1S/C15H18N6OS/c1-8-4-5-11-12(6-8)19-15(18-11)23-7-13(22)16-9(2)14-17-10(3)20-21-14/h4-6,9H,7H2,1-3H3,(H,16,22)(H,18,19)(H,17,20,21). The highest BCUT2D eigenvalue weighted by Gasteiger charge is 2.14. The van der Waals surface area contributed by atoms with Crippen molar-refractivity contribution in [3.63, 3.8) is 0 Å². The van der Waals surface area contributed by atoms with Crippen molar-refractivity contribution >= 4 is 28.7 Å². The van der Waals surface area contributed by atoms with Crippen molar-refractivity contribution in [3.8, 4) is 0 Å². The number of nitrogens with zero attached hydrogens (tertiary/aromatic N) is 3. The Bertz CT molecular complexity index is 839. The van der Waals surface area contributed by atoms with Crippen LogP contribution < -0.4 is 5.32 Å². The quantitative estimate of drug-likeness (QED) is 0.623. The summed E-state index contributed by atoms with van der Waals surface area (Å²) < 4.78 is 0. The molecular weight excluding hydrogens is 312 g/mol. The predicted molar refractivity (Wildman–Crippen MR) is 89.2 cm³/mol. The van der Waals surface area contributed by atoms with Crippen LogP contribution in [-0.4, -0.2) is 36.8 Å². The van der Waals surface area contributed by atoms with E-state index in [1.807, 2.05) is 39.0 Å². The van der Waals surface area contributed by atoms with Gasteiger partial charge in [-0.2, -0.15) is 5.10 Å². The number of aromatic nitrogens is 5. The Kier molecular flexibility index (Phi) is 4.33. The Labute approximate surface area is 137 Å². The van der Waals surface area contributed by atoms with Gasteiger partial charge in [0.15, 0.2) is 11.0 Å². The van der Waals surface area contributed by atoms with Gasteiger partial charge in [-0.1, -0.05) is 17.8 Å². The Balaban J connectivity index is 1.57. The van der Waals surface area contributed by atoms with Crippen LogP contribution in [-0.2, 0) is 4.79 Å². The number of H-pyrrole nitrogens is 2. The van der Waals surface area contributed by atoms with E-state index in [1.165, 1.54) is 17.3 Å². The molecule has 8 heteroatoms. The summed E-state index contributed by atoms with van der Waals surface area (Å²) in [5.74, 6) is 1.52. The summed E-state index contributed by atoms with van der Waals surface area (Å²) in [5, 5.41) is 10.4. The molecule has 1 aromatic carbocycles. The van der Waals surface area contributed by atoms with Gasteiger partial charge in [0.1, 0.15) is 5.82 Å². The SMILES string of the molecule is Cc1ccc2nc(SCC(=O)NC(C)c3n[nH]c(C)n3)[nH]c2c1. The number of carbonyl (C=O) groups is 1. The second-order valence-corrected chi connectivity index (χ2v) is 6.38. The second kappa shape index (κ2) is 6.41. The van der Waals surface area contributed by atoms with E-state index in [0.29, 0.717) is 5.82 Å². The molecule has 23 heavy (non-hydrogen) atoms. The summed E-state index contributed by atoms with van der Waals surface area (Å²) in [5.41, 5.74) is 3.06. The number of aromatic amines is 2. The molecule has 0 bridgehead atoms. The van der Waals surface area contributed by atoms with Gasteiger partial charge in [0.05, 0.1) is 22.8 Å². The monoisotopic (exact) mass is 330 g/mol. The number of aryl methyl sites for hydroxylation is 2. The highest BCUT2D eigenvalue weighted by Crippen LogP contribution is 2.20. The zero-order valence-electron chi connectivity index (χ0n) is 13.2. The van der Waals surface area contributed by atoms with Crippen LogP contribution in [0.5, 0.6) is 0 Å². The fourth-order valence-electron chi connectivity index (χ4n) is 2.20. The molecule has 7 nitrogen and oxygen atoms in total. The maximum Gasteiger partial charge on any atom is 0.231 e. The van der Waals surface area contributed by atoms with Gasteiger partial charge in [-0.05, 0) is 38.5 Å². The molecule has 0 radical (unpaired) electrons. The zero-order valence-corrected chi connectivity index (χ0v) is 14.0. The van der Waals surface area contributed by atoms with E-state index >= 15 is 0 Å². The third-order valence-corrected chi connectivity index (χ3v) is 4.21. The van der Waals surface area contributed by atoms with Crippen molar-refractivity contribution in [1.82, 2.24) is 30.5 Å². The lowest BCUT2D eigenvalue weighted by Crippen LogP contribution is -2.28. The summed E-state index contributed by atoms with van der Waals surface area (Å²) >= 11 is 1.38. The molecule has 0 aliphatic carbocycles. The molecule has 0 fully saturated rings. The van der Waals surface area contributed by atoms with Crippen molar-refractivity contribution in [3.05, 3.63) is 35.4 Å². The third kappa shape index (κ3) is 3.70. The van der Waals surface area contributed by atoms with Crippen molar-refractivity contribution in [2.24, 2.45) is 0 Å². The molecule has 1 amide bonds. The van der Waals surface area contributed by atoms with E-state index in [2.05, 4.69) is 30.5 Å². The summed E-state index contributed by atoms with van der Waals surface area (Å²) in [4.78, 5) is 23.9. The van der Waals surface area contributed by atoms with Crippen molar-refractivity contribution < 1.29 is 4.79 Å². The number of benzene rings is 1. The van der Waals surface area contributed by atoms with E-state index in [9.17, 15) is 4.79 Å². The smallest absolute Gasteiger partial charge is 0.231 e. The van der Waals surface area contributed by atoms with Crippen molar-refractivity contribution in [2.45, 2.75) is 32.0 Å². The number of rotatable bonds is 5. The second-order valence-electron chi connectivity index (χ2n) is 5.42. The Morgan fingerprint density at radius 3 is 2.91 bits per heavy atom. The molecule has 3 aromatic rings. The van der Waals surface area contributed by atoms with Crippen LogP contribution in [0.3, 0.4) is 0 Å². The molecule has 0 aliphatic heterocycles. The van der Waals surface area contributed by atoms with Crippen LogP contribution >= 0.6 is 11.8 Å². The van der Waals surface area contributed by atoms with Crippen molar-refractivity contribution in [2.75, 3.05) is 5.75 Å². The van der Waals surface area contributed by atoms with E-state index < -0.39 is 0 Å². The van der Waals surface area contributed by atoms with E-state index in [-0.39, 0.29) is 17.7 Å². The van der Waals surface area contributed by atoms with Gasteiger partial charge in [-0.25, -0.2) is 9.97 Å². The maximum atomic E-state index is 12.0. The minimum absolute atomic E-state index is 0.0819. The van der Waals surface area contributed by atoms with Crippen LogP contribution in [0, 0.1) is 13.8 Å². The highest BCUT2D eigenvalue weighted by molar-refractivity contribution is 7.99. The van der Waals surface area contributed by atoms with Crippen LogP contribution in [0.4, 0.5) is 0 Å². The highest BCUT2D eigenvalue weighted by atomic mass is 32.2. The van der Waals surface area contributed by atoms with Gasteiger partial charge in [0.2, 0.25) is 5.91 Å². The normalized spacial score (nSPS) is 12.5. The first kappa shape index (κ1) is 15.5. The van der Waals surface area contributed by atoms with E-state index in [1.54, 1.807) is 0 Å². The van der Waals surface area contributed by atoms with Gasteiger partial charge in [0.25, 0.3) is 0 Å².